The summed E-state index contributed by atoms with van der Waals surface area (Å²) in [6.07, 6.45) is 4.17. The number of nitrogens with one attached hydrogen (secondary N) is 1. The van der Waals surface area contributed by atoms with Gasteiger partial charge in [0, 0.05) is 39.5 Å². The molecule has 0 spiro atoms. The molecule has 2 fully saturated rings. The summed E-state index contributed by atoms with van der Waals surface area (Å²) < 4.78 is 16.1. The van der Waals surface area contributed by atoms with Crippen LogP contribution in [0, 0.1) is 5.41 Å². The van der Waals surface area contributed by atoms with E-state index in [-0.39, 0.29) is 17.9 Å². The minimum Gasteiger partial charge on any atom is -0.494 e. The van der Waals surface area contributed by atoms with E-state index >= 15 is 0 Å². The Morgan fingerprint density at radius 1 is 1.46 bits per heavy atom. The summed E-state index contributed by atoms with van der Waals surface area (Å²) in [7, 11) is 3.10. The Morgan fingerprint density at radius 3 is 3.08 bits per heavy atom. The summed E-state index contributed by atoms with van der Waals surface area (Å²) in [6, 6.07) is 1.64. The number of aromatic nitrogens is 1. The highest BCUT2D eigenvalue weighted by atomic mass is 16.5. The number of carbonyl (C=O) groups excluding carboxylic acids is 2. The minimum atomic E-state index is -0.706. The molecule has 1 aromatic rings. The van der Waals surface area contributed by atoms with Gasteiger partial charge in [-0.1, -0.05) is 0 Å². The first kappa shape index (κ1) is 18.6. The van der Waals surface area contributed by atoms with Gasteiger partial charge in [-0.2, -0.15) is 0 Å². The topological polar surface area (TPSA) is 90.0 Å². The third kappa shape index (κ3) is 3.39. The highest BCUT2D eigenvalue weighted by molar-refractivity contribution is 5.97. The summed E-state index contributed by atoms with van der Waals surface area (Å²) in [4.78, 5) is 31.6. The second kappa shape index (κ2) is 8.01. The summed E-state index contributed by atoms with van der Waals surface area (Å²) in [5.41, 5.74) is -0.253. The number of rotatable bonds is 6. The molecule has 0 unspecified atom stereocenters. The molecule has 1 aromatic heterocycles. The molecule has 0 aliphatic carbocycles. The van der Waals surface area contributed by atoms with E-state index in [1.165, 1.54) is 13.3 Å². The van der Waals surface area contributed by atoms with Gasteiger partial charge in [0.2, 0.25) is 5.91 Å². The molecule has 8 nitrogen and oxygen atoms in total. The number of methoxy groups -OCH3 is 2. The summed E-state index contributed by atoms with van der Waals surface area (Å²) in [5.74, 6) is 0.204. The van der Waals surface area contributed by atoms with Crippen LogP contribution in [0.5, 0.6) is 5.75 Å². The van der Waals surface area contributed by atoms with Crippen molar-refractivity contribution in [2.24, 2.45) is 5.41 Å². The molecule has 2 amide bonds. The molecule has 8 heteroatoms. The summed E-state index contributed by atoms with van der Waals surface area (Å²) in [6.45, 7) is 2.30. The zero-order chi connectivity index (χ0) is 18.6. The van der Waals surface area contributed by atoms with Gasteiger partial charge in [-0.25, -0.2) is 0 Å². The third-order valence-corrected chi connectivity index (χ3v) is 5.18. The molecule has 142 valence electrons. The first-order valence-corrected chi connectivity index (χ1v) is 8.78. The van der Waals surface area contributed by atoms with Crippen LogP contribution >= 0.6 is 0 Å². The molecular weight excluding hydrogens is 338 g/mol. The molecule has 0 saturated carbocycles. The molecular formula is C18H25N3O5. The van der Waals surface area contributed by atoms with Gasteiger partial charge in [0.05, 0.1) is 37.0 Å². The van der Waals surface area contributed by atoms with E-state index in [0.717, 1.165) is 0 Å². The van der Waals surface area contributed by atoms with Crippen molar-refractivity contribution >= 4 is 11.8 Å². The smallest absolute Gasteiger partial charge is 0.257 e. The number of pyridine rings is 1. The monoisotopic (exact) mass is 363 g/mol. The third-order valence-electron chi connectivity index (χ3n) is 5.18. The highest BCUT2D eigenvalue weighted by Gasteiger charge is 2.54. The van der Waals surface area contributed by atoms with Gasteiger partial charge in [0.1, 0.15) is 5.75 Å². The van der Waals surface area contributed by atoms with E-state index in [2.05, 4.69) is 10.3 Å². The molecule has 1 N–H and O–H groups in total. The molecule has 3 heterocycles. The first-order valence-electron chi connectivity index (χ1n) is 8.78. The van der Waals surface area contributed by atoms with E-state index in [9.17, 15) is 9.59 Å². The zero-order valence-corrected chi connectivity index (χ0v) is 15.2. The predicted molar refractivity (Wildman–Crippen MR) is 93.0 cm³/mol. The molecule has 0 radical (unpaired) electrons. The maximum Gasteiger partial charge on any atom is 0.257 e. The van der Waals surface area contributed by atoms with Crippen LogP contribution in [0.3, 0.4) is 0 Å². The van der Waals surface area contributed by atoms with Crippen molar-refractivity contribution < 1.29 is 23.8 Å². The van der Waals surface area contributed by atoms with Crippen LogP contribution in [0.15, 0.2) is 18.5 Å². The Hall–Kier alpha value is -2.19. The number of hydrogen-bond acceptors (Lipinski definition) is 6. The predicted octanol–water partition coefficient (Wildman–Crippen LogP) is 0.474. The normalized spacial score (nSPS) is 24.8. The van der Waals surface area contributed by atoms with Gasteiger partial charge >= 0.3 is 0 Å². The Kier molecular flexibility index (Phi) is 5.73. The fraction of sp³-hybridized carbons (Fsp3) is 0.611. The summed E-state index contributed by atoms with van der Waals surface area (Å²) in [5, 5.41) is 2.92. The maximum absolute atomic E-state index is 13.0. The Labute approximate surface area is 152 Å². The Balaban J connectivity index is 1.79. The van der Waals surface area contributed by atoms with Crippen molar-refractivity contribution in [1.82, 2.24) is 15.2 Å². The average Bonchev–Trinajstić information content (AvgIpc) is 3.12. The Morgan fingerprint density at radius 2 is 2.31 bits per heavy atom. The molecule has 3 rings (SSSR count). The van der Waals surface area contributed by atoms with Crippen molar-refractivity contribution in [3.8, 4) is 5.75 Å². The number of nitrogens with zero attached hydrogens (tertiary/aromatic N) is 2. The van der Waals surface area contributed by atoms with E-state index in [0.29, 0.717) is 57.0 Å². The van der Waals surface area contributed by atoms with Gasteiger partial charge in [0.15, 0.2) is 0 Å². The van der Waals surface area contributed by atoms with Gasteiger partial charge in [-0.05, 0) is 18.9 Å². The fourth-order valence-electron chi connectivity index (χ4n) is 3.77. The number of likely N-dealkylation sites (tertiary alicyclic amines) is 1. The lowest BCUT2D eigenvalue weighted by Crippen LogP contribution is -2.58. The zero-order valence-electron chi connectivity index (χ0n) is 15.2. The second-order valence-electron chi connectivity index (χ2n) is 6.61. The van der Waals surface area contributed by atoms with Crippen molar-refractivity contribution in [2.75, 3.05) is 47.1 Å². The van der Waals surface area contributed by atoms with Crippen LogP contribution in [0.4, 0.5) is 0 Å². The van der Waals surface area contributed by atoms with Crippen LogP contribution in [-0.2, 0) is 14.3 Å². The van der Waals surface area contributed by atoms with Crippen molar-refractivity contribution in [3.63, 3.8) is 0 Å². The van der Waals surface area contributed by atoms with Crippen LogP contribution < -0.4 is 10.1 Å². The maximum atomic E-state index is 13.0. The number of hydrogen-bond donors (Lipinski definition) is 1. The standard InChI is InChI=1S/C18H25N3O5/c1-24-10-7-20-17(23)18-5-9-26-15(18)4-8-21(12-18)16(22)13-3-6-19-11-14(13)25-2/h3,6,11,15H,4-5,7-10,12H2,1-2H3,(H,20,23)/t15-,18-/m1/s1. The summed E-state index contributed by atoms with van der Waals surface area (Å²) >= 11 is 0. The van der Waals surface area contributed by atoms with E-state index in [1.807, 2.05) is 0 Å². The quantitative estimate of drug-likeness (QED) is 0.739. The second-order valence-corrected chi connectivity index (χ2v) is 6.61. The van der Waals surface area contributed by atoms with Crippen molar-refractivity contribution in [3.05, 3.63) is 24.0 Å². The number of amides is 2. The van der Waals surface area contributed by atoms with E-state index < -0.39 is 5.41 Å². The van der Waals surface area contributed by atoms with Crippen LogP contribution in [-0.4, -0.2) is 74.9 Å². The lowest BCUT2D eigenvalue weighted by molar-refractivity contribution is -0.138. The number of fused-ring (bicyclic) bond motifs is 1. The van der Waals surface area contributed by atoms with Crippen LogP contribution in [0.25, 0.3) is 0 Å². The van der Waals surface area contributed by atoms with Gasteiger partial charge in [-0.3, -0.25) is 14.6 Å². The highest BCUT2D eigenvalue weighted by Crippen LogP contribution is 2.41. The Bertz CT molecular complexity index is 668. The number of carbonyl (C=O) groups is 2. The van der Waals surface area contributed by atoms with Crippen molar-refractivity contribution in [2.45, 2.75) is 18.9 Å². The van der Waals surface area contributed by atoms with Crippen LogP contribution in [0.2, 0.25) is 0 Å². The molecule has 26 heavy (non-hydrogen) atoms. The van der Waals surface area contributed by atoms with Gasteiger partial charge in [-0.15, -0.1) is 0 Å². The SMILES string of the molecule is COCCNC(=O)[C@@]12CCO[C@@H]1CCN(C(=O)c1ccncc1OC)C2. The van der Waals surface area contributed by atoms with Gasteiger partial charge in [0.25, 0.3) is 5.91 Å². The van der Waals surface area contributed by atoms with E-state index in [1.54, 1.807) is 24.3 Å². The lowest BCUT2D eigenvalue weighted by Gasteiger charge is -2.42. The molecule has 0 aromatic carbocycles. The first-order chi connectivity index (χ1) is 12.6. The average molecular weight is 363 g/mol. The largest absolute Gasteiger partial charge is 0.494 e. The molecule has 2 atom stereocenters. The molecule has 0 bridgehead atoms. The minimum absolute atomic E-state index is 0.0729. The molecule has 2 aliphatic heterocycles. The van der Waals surface area contributed by atoms with Crippen LogP contribution in [0.1, 0.15) is 23.2 Å². The molecule has 2 saturated heterocycles. The molecule has 2 aliphatic rings. The lowest BCUT2D eigenvalue weighted by atomic mass is 9.75. The van der Waals surface area contributed by atoms with E-state index in [4.69, 9.17) is 14.2 Å². The number of piperidine rings is 1. The van der Waals surface area contributed by atoms with Gasteiger partial charge < -0.3 is 24.4 Å². The van der Waals surface area contributed by atoms with Crippen molar-refractivity contribution in [1.29, 1.82) is 0 Å². The number of ether oxygens (including phenoxy) is 3. The fourth-order valence-corrected chi connectivity index (χ4v) is 3.77.